The van der Waals surface area contributed by atoms with Crippen molar-refractivity contribution in [2.75, 3.05) is 0 Å². The van der Waals surface area contributed by atoms with Crippen LogP contribution in [0.2, 0.25) is 0 Å². The minimum atomic E-state index is -1.60. The van der Waals surface area contributed by atoms with Crippen molar-refractivity contribution in [3.63, 3.8) is 0 Å². The average molecular weight is 237 g/mol. The number of rotatable bonds is 3. The third-order valence-electron chi connectivity index (χ3n) is 1.99. The zero-order valence-corrected chi connectivity index (χ0v) is 8.46. The Hall–Kier alpha value is -2.39. The first kappa shape index (κ1) is 12.7. The zero-order chi connectivity index (χ0) is 13.0. The van der Waals surface area contributed by atoms with E-state index >= 15 is 0 Å². The molecular weight excluding hydrogens is 229 g/mol. The Bertz CT molecular complexity index is 519. The van der Waals surface area contributed by atoms with Gasteiger partial charge in [0.15, 0.2) is 0 Å². The molecule has 0 bridgehead atoms. The van der Waals surface area contributed by atoms with Gasteiger partial charge < -0.3 is 15.3 Å². The number of carboxylic acid groups (broad SMARTS) is 1. The first-order valence-corrected chi connectivity index (χ1v) is 4.47. The molecule has 0 aliphatic rings. The van der Waals surface area contributed by atoms with E-state index < -0.39 is 23.6 Å². The number of halogens is 1. The molecule has 0 amide bonds. The first-order valence-electron chi connectivity index (χ1n) is 4.47. The minimum absolute atomic E-state index is 0.0364. The number of nitriles is 1. The highest BCUT2D eigenvalue weighted by molar-refractivity contribution is 5.83. The number of hydrogen-bond acceptors (Lipinski definition) is 4. The lowest BCUT2D eigenvalue weighted by molar-refractivity contribution is -0.135. The lowest BCUT2D eigenvalue weighted by Crippen LogP contribution is -2.03. The van der Waals surface area contributed by atoms with E-state index in [1.807, 2.05) is 0 Å². The average Bonchev–Trinajstić information content (AvgIpc) is 2.28. The molecule has 1 atom stereocenters. The first-order chi connectivity index (χ1) is 7.95. The van der Waals surface area contributed by atoms with Gasteiger partial charge in [0.1, 0.15) is 18.0 Å². The predicted octanol–water partition coefficient (Wildman–Crippen LogP) is 1.26. The van der Waals surface area contributed by atoms with Crippen LogP contribution in [0, 0.1) is 17.1 Å². The Morgan fingerprint density at radius 2 is 2.12 bits per heavy atom. The van der Waals surface area contributed by atoms with Gasteiger partial charge in [0, 0.05) is 0 Å². The van der Waals surface area contributed by atoms with Crippen molar-refractivity contribution in [1.82, 2.24) is 0 Å². The van der Waals surface area contributed by atoms with Gasteiger partial charge in [-0.2, -0.15) is 5.26 Å². The molecule has 0 saturated carbocycles. The topological polar surface area (TPSA) is 102 Å². The Kier molecular flexibility index (Phi) is 3.80. The summed E-state index contributed by atoms with van der Waals surface area (Å²) in [5.74, 6) is -3.47. The maximum atomic E-state index is 13.2. The fourth-order valence-electron chi connectivity index (χ4n) is 1.12. The summed E-state index contributed by atoms with van der Waals surface area (Å²) in [6.07, 6.45) is -0.809. The molecule has 0 heterocycles. The number of nitrogens with zero attached hydrogens (tertiary/aromatic N) is 1. The number of aliphatic hydroxyl groups excluding tert-OH is 2. The molecule has 6 heteroatoms. The van der Waals surface area contributed by atoms with Gasteiger partial charge in [-0.25, -0.2) is 9.18 Å². The normalized spacial score (nSPS) is 12.9. The number of benzene rings is 1. The van der Waals surface area contributed by atoms with Crippen molar-refractivity contribution in [3.8, 4) is 6.07 Å². The van der Waals surface area contributed by atoms with Crippen molar-refractivity contribution in [1.29, 1.82) is 5.26 Å². The van der Waals surface area contributed by atoms with Crippen LogP contribution in [0.3, 0.4) is 0 Å². The Labute approximate surface area is 95.7 Å². The van der Waals surface area contributed by atoms with Gasteiger partial charge >= 0.3 is 5.97 Å². The predicted molar refractivity (Wildman–Crippen MR) is 54.4 cm³/mol. The molecule has 17 heavy (non-hydrogen) atoms. The van der Waals surface area contributed by atoms with Gasteiger partial charge in [-0.15, -0.1) is 0 Å². The third-order valence-corrected chi connectivity index (χ3v) is 1.99. The standard InChI is InChI=1S/C11H8FNO4/c12-8-3-6(1-2-7(8)5-13)9(14)4-10(15)11(16)17/h1-4,9,14-15H,(H,16,17)/b10-4-. The fraction of sp³-hybridized carbons (Fsp3) is 0.0909. The summed E-state index contributed by atoms with van der Waals surface area (Å²) in [5, 5.41) is 35.2. The number of carbonyl (C=O) groups is 1. The number of aliphatic hydroxyl groups is 2. The van der Waals surface area contributed by atoms with Crippen LogP contribution in [0.15, 0.2) is 30.0 Å². The second-order valence-corrected chi connectivity index (χ2v) is 3.15. The molecule has 0 aromatic heterocycles. The second kappa shape index (κ2) is 5.09. The molecule has 1 rings (SSSR count). The van der Waals surface area contributed by atoms with E-state index in [9.17, 15) is 14.3 Å². The minimum Gasteiger partial charge on any atom is -0.502 e. The summed E-state index contributed by atoms with van der Waals surface area (Å²) in [7, 11) is 0. The van der Waals surface area contributed by atoms with Gasteiger partial charge in [-0.1, -0.05) is 6.07 Å². The van der Waals surface area contributed by atoms with Gasteiger partial charge in [0.2, 0.25) is 5.76 Å². The quantitative estimate of drug-likeness (QED) is 0.542. The van der Waals surface area contributed by atoms with Crippen LogP contribution in [0.5, 0.6) is 0 Å². The summed E-state index contributed by atoms with van der Waals surface area (Å²) in [5.41, 5.74) is -0.151. The molecule has 5 nitrogen and oxygen atoms in total. The summed E-state index contributed by atoms with van der Waals surface area (Å²) in [6.45, 7) is 0. The molecule has 88 valence electrons. The molecule has 0 saturated heterocycles. The molecule has 0 aliphatic carbocycles. The largest absolute Gasteiger partial charge is 0.502 e. The van der Waals surface area contributed by atoms with Gasteiger partial charge in [-0.05, 0) is 23.8 Å². The van der Waals surface area contributed by atoms with Crippen molar-refractivity contribution < 1.29 is 24.5 Å². The van der Waals surface area contributed by atoms with Crippen LogP contribution in [0.4, 0.5) is 4.39 Å². The fourth-order valence-corrected chi connectivity index (χ4v) is 1.12. The van der Waals surface area contributed by atoms with Crippen molar-refractivity contribution in [2.24, 2.45) is 0 Å². The Morgan fingerprint density at radius 3 is 2.59 bits per heavy atom. The van der Waals surface area contributed by atoms with Crippen LogP contribution >= 0.6 is 0 Å². The second-order valence-electron chi connectivity index (χ2n) is 3.15. The maximum Gasteiger partial charge on any atom is 0.370 e. The summed E-state index contributed by atoms with van der Waals surface area (Å²) in [6, 6.07) is 4.92. The van der Waals surface area contributed by atoms with Gasteiger partial charge in [0.25, 0.3) is 0 Å². The number of carboxylic acids is 1. The molecule has 0 radical (unpaired) electrons. The van der Waals surface area contributed by atoms with E-state index in [1.165, 1.54) is 6.07 Å². The highest BCUT2D eigenvalue weighted by Crippen LogP contribution is 2.18. The van der Waals surface area contributed by atoms with E-state index in [0.717, 1.165) is 12.1 Å². The summed E-state index contributed by atoms with van der Waals surface area (Å²) >= 11 is 0. The lowest BCUT2D eigenvalue weighted by Gasteiger charge is -2.06. The monoisotopic (exact) mass is 237 g/mol. The van der Waals surface area contributed by atoms with Crippen LogP contribution in [-0.4, -0.2) is 21.3 Å². The number of aliphatic carboxylic acids is 1. The molecule has 1 aromatic carbocycles. The summed E-state index contributed by atoms with van der Waals surface area (Å²) in [4.78, 5) is 10.3. The maximum absolute atomic E-state index is 13.2. The van der Waals surface area contributed by atoms with Gasteiger partial charge in [-0.3, -0.25) is 0 Å². The Balaban J connectivity index is 3.03. The van der Waals surface area contributed by atoms with Crippen LogP contribution in [0.1, 0.15) is 17.2 Å². The van der Waals surface area contributed by atoms with Gasteiger partial charge in [0.05, 0.1) is 5.56 Å². The van der Waals surface area contributed by atoms with Crippen LogP contribution in [-0.2, 0) is 4.79 Å². The molecular formula is C11H8FNO4. The number of hydrogen-bond donors (Lipinski definition) is 3. The zero-order valence-electron chi connectivity index (χ0n) is 8.46. The van der Waals surface area contributed by atoms with E-state index in [1.54, 1.807) is 6.07 Å². The highest BCUT2D eigenvalue weighted by atomic mass is 19.1. The molecule has 0 fully saturated rings. The summed E-state index contributed by atoms with van der Waals surface area (Å²) < 4.78 is 13.2. The van der Waals surface area contributed by atoms with E-state index in [4.69, 9.17) is 15.5 Å². The smallest absolute Gasteiger partial charge is 0.370 e. The van der Waals surface area contributed by atoms with E-state index in [-0.39, 0.29) is 11.1 Å². The highest BCUT2D eigenvalue weighted by Gasteiger charge is 2.12. The third kappa shape index (κ3) is 3.03. The molecule has 0 spiro atoms. The molecule has 1 aromatic rings. The molecule has 3 N–H and O–H groups in total. The Morgan fingerprint density at radius 1 is 1.47 bits per heavy atom. The van der Waals surface area contributed by atoms with Crippen molar-refractivity contribution >= 4 is 5.97 Å². The lowest BCUT2D eigenvalue weighted by atomic mass is 10.1. The molecule has 1 unspecified atom stereocenters. The van der Waals surface area contributed by atoms with E-state index in [0.29, 0.717) is 6.08 Å². The van der Waals surface area contributed by atoms with E-state index in [2.05, 4.69) is 0 Å². The van der Waals surface area contributed by atoms with Crippen LogP contribution in [0.25, 0.3) is 0 Å². The molecule has 0 aliphatic heterocycles. The SMILES string of the molecule is N#Cc1ccc(C(O)/C=C(\O)C(=O)O)cc1F. The van der Waals surface area contributed by atoms with Crippen molar-refractivity contribution in [2.45, 2.75) is 6.10 Å². The van der Waals surface area contributed by atoms with Crippen molar-refractivity contribution in [3.05, 3.63) is 47.0 Å². The van der Waals surface area contributed by atoms with Crippen LogP contribution < -0.4 is 0 Å².